The molecule has 0 bridgehead atoms. The normalized spacial score (nSPS) is 11.2. The number of alkyl halides is 1. The lowest BCUT2D eigenvalue weighted by atomic mass is 10.3. The third-order valence-corrected chi connectivity index (χ3v) is 3.70. The van der Waals surface area contributed by atoms with Gasteiger partial charge in [0.1, 0.15) is 17.2 Å². The predicted molar refractivity (Wildman–Crippen MR) is 80.8 cm³/mol. The van der Waals surface area contributed by atoms with Crippen molar-refractivity contribution in [1.82, 2.24) is 14.5 Å². The summed E-state index contributed by atoms with van der Waals surface area (Å²) in [5.74, 6) is 0.402. The summed E-state index contributed by atoms with van der Waals surface area (Å²) in [4.78, 5) is 8.78. The molecule has 3 nitrogen and oxygen atoms in total. The maximum absolute atomic E-state index is 14.1. The Morgan fingerprint density at radius 1 is 1.35 bits per heavy atom. The lowest BCUT2D eigenvalue weighted by Crippen LogP contribution is -2.03. The molecule has 6 heteroatoms. The zero-order valence-corrected chi connectivity index (χ0v) is 12.9. The number of aryl methyl sites for hydroxylation is 1. The molecule has 0 atom stereocenters. The predicted octanol–water partition coefficient (Wildman–Crippen LogP) is 4.37. The van der Waals surface area contributed by atoms with Crippen molar-refractivity contribution in [3.8, 4) is 5.69 Å². The molecule has 0 fully saturated rings. The van der Waals surface area contributed by atoms with E-state index in [1.807, 2.05) is 13.0 Å². The first-order valence-electron chi connectivity index (χ1n) is 5.95. The highest BCUT2D eigenvalue weighted by atomic mass is 79.9. The Bertz CT molecular complexity index is 800. The number of pyridine rings is 1. The summed E-state index contributed by atoms with van der Waals surface area (Å²) in [6, 6.07) is 6.65. The highest BCUT2D eigenvalue weighted by molar-refractivity contribution is 9.10. The van der Waals surface area contributed by atoms with E-state index in [9.17, 15) is 4.39 Å². The highest BCUT2D eigenvalue weighted by Crippen LogP contribution is 2.26. The first-order valence-corrected chi connectivity index (χ1v) is 7.28. The molecule has 0 aliphatic carbocycles. The summed E-state index contributed by atoms with van der Waals surface area (Å²) in [7, 11) is 0. The molecule has 0 saturated carbocycles. The van der Waals surface area contributed by atoms with Gasteiger partial charge in [0.25, 0.3) is 0 Å². The van der Waals surface area contributed by atoms with E-state index in [4.69, 9.17) is 11.6 Å². The van der Waals surface area contributed by atoms with Crippen molar-refractivity contribution >= 4 is 38.7 Å². The third-order valence-electron chi connectivity index (χ3n) is 2.97. The summed E-state index contributed by atoms with van der Waals surface area (Å²) < 4.78 is 16.6. The van der Waals surface area contributed by atoms with Crippen molar-refractivity contribution < 1.29 is 4.39 Å². The van der Waals surface area contributed by atoms with Gasteiger partial charge in [0.15, 0.2) is 5.65 Å². The van der Waals surface area contributed by atoms with Crippen LogP contribution < -0.4 is 0 Å². The van der Waals surface area contributed by atoms with Crippen molar-refractivity contribution in [3.63, 3.8) is 0 Å². The Morgan fingerprint density at radius 3 is 2.90 bits per heavy atom. The minimum Gasteiger partial charge on any atom is -0.277 e. The first kappa shape index (κ1) is 13.5. The second-order valence-corrected chi connectivity index (χ2v) is 5.63. The van der Waals surface area contributed by atoms with Gasteiger partial charge in [-0.25, -0.2) is 14.4 Å². The van der Waals surface area contributed by atoms with Crippen molar-refractivity contribution in [3.05, 3.63) is 52.1 Å². The van der Waals surface area contributed by atoms with Gasteiger partial charge in [0, 0.05) is 10.7 Å². The van der Waals surface area contributed by atoms with Gasteiger partial charge in [-0.1, -0.05) is 15.9 Å². The zero-order valence-electron chi connectivity index (χ0n) is 10.6. The van der Waals surface area contributed by atoms with Gasteiger partial charge < -0.3 is 0 Å². The molecule has 1 aromatic carbocycles. The molecule has 0 N–H and O–H groups in total. The second-order valence-electron chi connectivity index (χ2n) is 4.45. The van der Waals surface area contributed by atoms with E-state index >= 15 is 0 Å². The van der Waals surface area contributed by atoms with Crippen LogP contribution in [0, 0.1) is 12.7 Å². The van der Waals surface area contributed by atoms with E-state index < -0.39 is 0 Å². The molecular weight excluding hydrogens is 345 g/mol. The van der Waals surface area contributed by atoms with Crippen molar-refractivity contribution in [2.75, 3.05) is 0 Å². The van der Waals surface area contributed by atoms with Crippen molar-refractivity contribution in [1.29, 1.82) is 0 Å². The maximum Gasteiger partial charge on any atom is 0.164 e. The average Bonchev–Trinajstić information content (AvgIpc) is 2.78. The minimum absolute atomic E-state index is 0.182. The molecule has 0 saturated heterocycles. The topological polar surface area (TPSA) is 30.7 Å². The van der Waals surface area contributed by atoms with Crippen LogP contribution in [0.25, 0.3) is 16.9 Å². The van der Waals surface area contributed by atoms with E-state index in [2.05, 4.69) is 25.9 Å². The Labute approximate surface area is 128 Å². The summed E-state index contributed by atoms with van der Waals surface area (Å²) in [6.45, 7) is 1.94. The second kappa shape index (κ2) is 5.14. The van der Waals surface area contributed by atoms with Crippen molar-refractivity contribution in [2.45, 2.75) is 12.8 Å². The van der Waals surface area contributed by atoms with Gasteiger partial charge >= 0.3 is 0 Å². The molecule has 3 rings (SSSR count). The van der Waals surface area contributed by atoms with Crippen LogP contribution in [0.2, 0.25) is 0 Å². The molecule has 0 unspecified atom stereocenters. The molecule has 0 spiro atoms. The number of imidazole rings is 1. The lowest BCUT2D eigenvalue weighted by molar-refractivity contribution is 0.617. The smallest absolute Gasteiger partial charge is 0.164 e. The summed E-state index contributed by atoms with van der Waals surface area (Å²) in [5, 5.41) is 0. The SMILES string of the molecule is Cc1cnc2c(c1)nc(CCl)n2-c1cc(Br)ccc1F. The molecule has 3 aromatic rings. The van der Waals surface area contributed by atoms with Gasteiger partial charge in [-0.05, 0) is 36.8 Å². The van der Waals surface area contributed by atoms with Gasteiger partial charge in [0.2, 0.25) is 0 Å². The molecule has 20 heavy (non-hydrogen) atoms. The number of nitrogens with zero attached hydrogens (tertiary/aromatic N) is 3. The number of benzene rings is 1. The van der Waals surface area contributed by atoms with Crippen LogP contribution in [0.4, 0.5) is 4.39 Å². The first-order chi connectivity index (χ1) is 9.60. The van der Waals surface area contributed by atoms with E-state index in [1.165, 1.54) is 6.07 Å². The van der Waals surface area contributed by atoms with Crippen LogP contribution in [0.1, 0.15) is 11.4 Å². The van der Waals surface area contributed by atoms with Gasteiger partial charge in [-0.3, -0.25) is 4.57 Å². The summed E-state index contributed by atoms with van der Waals surface area (Å²) >= 11 is 9.29. The number of hydrogen-bond acceptors (Lipinski definition) is 2. The molecule has 0 amide bonds. The number of aromatic nitrogens is 3. The molecule has 0 radical (unpaired) electrons. The monoisotopic (exact) mass is 353 g/mol. The van der Waals surface area contributed by atoms with Crippen LogP contribution in [0.15, 0.2) is 34.9 Å². The fourth-order valence-electron chi connectivity index (χ4n) is 2.11. The Kier molecular flexibility index (Phi) is 3.48. The largest absolute Gasteiger partial charge is 0.277 e. The molecule has 2 heterocycles. The number of rotatable bonds is 2. The summed E-state index contributed by atoms with van der Waals surface area (Å²) in [6.07, 6.45) is 1.73. The highest BCUT2D eigenvalue weighted by Gasteiger charge is 2.16. The Morgan fingerprint density at radius 2 is 2.15 bits per heavy atom. The quantitative estimate of drug-likeness (QED) is 0.640. The lowest BCUT2D eigenvalue weighted by Gasteiger charge is -2.09. The molecule has 102 valence electrons. The fraction of sp³-hybridized carbons (Fsp3) is 0.143. The van der Waals surface area contributed by atoms with E-state index in [0.29, 0.717) is 22.7 Å². The Hall–Kier alpha value is -1.46. The molecule has 0 aliphatic heterocycles. The third kappa shape index (κ3) is 2.21. The van der Waals surface area contributed by atoms with Gasteiger partial charge in [-0.15, -0.1) is 11.6 Å². The molecule has 2 aromatic heterocycles. The van der Waals surface area contributed by atoms with Crippen LogP contribution in [-0.4, -0.2) is 14.5 Å². The zero-order chi connectivity index (χ0) is 14.3. The number of fused-ring (bicyclic) bond motifs is 1. The summed E-state index contributed by atoms with van der Waals surface area (Å²) in [5.41, 5.74) is 2.69. The van der Waals surface area contributed by atoms with Gasteiger partial charge in [0.05, 0.1) is 11.6 Å². The van der Waals surface area contributed by atoms with Crippen LogP contribution in [-0.2, 0) is 5.88 Å². The minimum atomic E-state index is -0.346. The maximum atomic E-state index is 14.1. The average molecular weight is 355 g/mol. The number of halogens is 3. The van der Waals surface area contributed by atoms with E-state index in [1.54, 1.807) is 22.9 Å². The molecule has 0 aliphatic rings. The van der Waals surface area contributed by atoms with Crippen LogP contribution in [0.5, 0.6) is 0 Å². The van der Waals surface area contributed by atoms with E-state index in [-0.39, 0.29) is 11.7 Å². The van der Waals surface area contributed by atoms with E-state index in [0.717, 1.165) is 10.0 Å². The van der Waals surface area contributed by atoms with Crippen molar-refractivity contribution in [2.24, 2.45) is 0 Å². The van der Waals surface area contributed by atoms with Crippen LogP contribution >= 0.6 is 27.5 Å². The fourth-order valence-corrected chi connectivity index (χ4v) is 2.64. The number of hydrogen-bond donors (Lipinski definition) is 0. The van der Waals surface area contributed by atoms with Crippen LogP contribution in [0.3, 0.4) is 0 Å². The Balaban J connectivity index is 2.37. The standard InChI is InChI=1S/C14H10BrClFN3/c1-8-4-11-14(18-7-8)20(13(6-16)19-11)12-5-9(15)2-3-10(12)17/h2-5,7H,6H2,1H3. The molecular formula is C14H10BrClFN3. The van der Waals surface area contributed by atoms with Gasteiger partial charge in [-0.2, -0.15) is 0 Å².